The molecule has 110 valence electrons. The van der Waals surface area contributed by atoms with Gasteiger partial charge >= 0.3 is 0 Å². The van der Waals surface area contributed by atoms with Crippen molar-refractivity contribution in [2.75, 3.05) is 31.4 Å². The first-order valence-corrected chi connectivity index (χ1v) is 7.51. The summed E-state index contributed by atoms with van der Waals surface area (Å²) >= 11 is 1.66. The largest absolute Gasteiger partial charge is 0.376 e. The maximum absolute atomic E-state index is 11.8. The van der Waals surface area contributed by atoms with Crippen LogP contribution in [0.15, 0.2) is 18.2 Å². The monoisotopic (exact) mass is 297 g/mol. The molecule has 1 aromatic carbocycles. The Labute approximate surface area is 122 Å². The molecule has 1 aromatic rings. The van der Waals surface area contributed by atoms with Crippen LogP contribution in [0.4, 0.5) is 11.4 Å². The van der Waals surface area contributed by atoms with E-state index in [0.29, 0.717) is 11.3 Å². The van der Waals surface area contributed by atoms with Gasteiger partial charge in [0.05, 0.1) is 4.92 Å². The van der Waals surface area contributed by atoms with Crippen LogP contribution in [-0.2, 0) is 0 Å². The van der Waals surface area contributed by atoms with Gasteiger partial charge in [-0.15, -0.1) is 0 Å². The normalized spacial score (nSPS) is 11.8. The molecule has 0 aromatic heterocycles. The van der Waals surface area contributed by atoms with E-state index in [1.807, 2.05) is 13.2 Å². The molecular formula is C13H19N3O3S. The minimum atomic E-state index is -0.472. The van der Waals surface area contributed by atoms with Crippen LogP contribution in [0.5, 0.6) is 0 Å². The van der Waals surface area contributed by atoms with Gasteiger partial charge in [0.15, 0.2) is 0 Å². The number of anilines is 1. The molecule has 1 amide bonds. The van der Waals surface area contributed by atoms with Crippen LogP contribution in [0, 0.1) is 10.1 Å². The van der Waals surface area contributed by atoms with Crippen LogP contribution in [0.25, 0.3) is 0 Å². The summed E-state index contributed by atoms with van der Waals surface area (Å²) in [5.41, 5.74) is 0.669. The molecule has 6 nitrogen and oxygen atoms in total. The van der Waals surface area contributed by atoms with Gasteiger partial charge in [-0.05, 0) is 25.3 Å². The molecule has 0 bridgehead atoms. The zero-order valence-electron chi connectivity index (χ0n) is 12.0. The molecule has 1 N–H and O–H groups in total. The third-order valence-electron chi connectivity index (χ3n) is 2.67. The Balaban J connectivity index is 3.08. The summed E-state index contributed by atoms with van der Waals surface area (Å²) in [6.45, 7) is 1.96. The molecule has 1 unspecified atom stereocenters. The lowest BCUT2D eigenvalue weighted by molar-refractivity contribution is -0.384. The maximum Gasteiger partial charge on any atom is 0.293 e. The molecule has 1 rings (SSSR count). The average molecular weight is 297 g/mol. The second-order valence-corrected chi connectivity index (χ2v) is 5.60. The lowest BCUT2D eigenvalue weighted by atomic mass is 10.1. The van der Waals surface area contributed by atoms with E-state index >= 15 is 0 Å². The van der Waals surface area contributed by atoms with E-state index in [1.165, 1.54) is 11.0 Å². The minimum absolute atomic E-state index is 0.0781. The summed E-state index contributed by atoms with van der Waals surface area (Å²) in [6.07, 6.45) is 1.98. The predicted molar refractivity (Wildman–Crippen MR) is 82.6 cm³/mol. The van der Waals surface area contributed by atoms with Crippen molar-refractivity contribution < 1.29 is 9.72 Å². The van der Waals surface area contributed by atoms with Crippen molar-refractivity contribution in [3.8, 4) is 0 Å². The van der Waals surface area contributed by atoms with Gasteiger partial charge in [0.25, 0.3) is 11.6 Å². The number of hydrogen-bond donors (Lipinski definition) is 1. The second kappa shape index (κ2) is 7.14. The van der Waals surface area contributed by atoms with Gasteiger partial charge in [0.1, 0.15) is 5.69 Å². The van der Waals surface area contributed by atoms with Crippen LogP contribution in [0.3, 0.4) is 0 Å². The number of nitrogens with zero attached hydrogens (tertiary/aromatic N) is 2. The van der Waals surface area contributed by atoms with E-state index in [1.54, 1.807) is 38.0 Å². The van der Waals surface area contributed by atoms with Crippen LogP contribution in [-0.4, -0.2) is 47.9 Å². The van der Waals surface area contributed by atoms with Gasteiger partial charge in [-0.3, -0.25) is 14.9 Å². The number of benzene rings is 1. The van der Waals surface area contributed by atoms with E-state index in [0.717, 1.165) is 5.75 Å². The number of nitrogens with one attached hydrogen (secondary N) is 1. The number of rotatable bonds is 6. The molecule has 0 saturated carbocycles. The van der Waals surface area contributed by atoms with Crippen molar-refractivity contribution in [1.29, 1.82) is 0 Å². The lowest BCUT2D eigenvalue weighted by Crippen LogP contribution is -2.22. The third kappa shape index (κ3) is 4.12. The quantitative estimate of drug-likeness (QED) is 0.645. The van der Waals surface area contributed by atoms with Crippen LogP contribution in [0.2, 0.25) is 0 Å². The topological polar surface area (TPSA) is 75.5 Å². The number of amides is 1. The molecule has 0 fully saturated rings. The fraction of sp³-hybridized carbons (Fsp3) is 0.462. The molecule has 0 saturated heterocycles. The first-order valence-electron chi connectivity index (χ1n) is 6.12. The lowest BCUT2D eigenvalue weighted by Gasteiger charge is -2.15. The number of carbonyl (C=O) groups excluding carboxylic acids is 1. The van der Waals surface area contributed by atoms with Gasteiger partial charge in [0.2, 0.25) is 0 Å². The number of thioether (sulfide) groups is 1. The minimum Gasteiger partial charge on any atom is -0.376 e. The number of hydrogen-bond acceptors (Lipinski definition) is 5. The predicted octanol–water partition coefficient (Wildman–Crippen LogP) is 2.46. The SMILES string of the molecule is CSCC(C)Nc1ccc(C(=O)N(C)C)cc1[N+](=O)[O-]. The van der Waals surface area contributed by atoms with Gasteiger partial charge in [0, 0.05) is 37.5 Å². The van der Waals surface area contributed by atoms with Crippen molar-refractivity contribution in [1.82, 2.24) is 4.90 Å². The molecule has 0 aliphatic carbocycles. The summed E-state index contributed by atoms with van der Waals surface area (Å²) in [7, 11) is 3.22. The summed E-state index contributed by atoms with van der Waals surface area (Å²) in [5, 5.41) is 14.2. The molecule has 0 heterocycles. The first kappa shape index (κ1) is 16.3. The number of nitro benzene ring substituents is 1. The van der Waals surface area contributed by atoms with Crippen LogP contribution in [0.1, 0.15) is 17.3 Å². The molecular weight excluding hydrogens is 278 g/mol. The van der Waals surface area contributed by atoms with E-state index in [4.69, 9.17) is 0 Å². The molecule has 0 aliphatic heterocycles. The van der Waals surface area contributed by atoms with Crippen molar-refractivity contribution in [2.45, 2.75) is 13.0 Å². The van der Waals surface area contributed by atoms with Crippen LogP contribution >= 0.6 is 11.8 Å². The molecule has 1 atom stereocenters. The third-order valence-corrected chi connectivity index (χ3v) is 3.50. The van der Waals surface area contributed by atoms with Gasteiger partial charge in [-0.2, -0.15) is 11.8 Å². The molecule has 0 radical (unpaired) electrons. The Bertz CT molecular complexity index is 506. The van der Waals surface area contributed by atoms with E-state index in [9.17, 15) is 14.9 Å². The highest BCUT2D eigenvalue weighted by Gasteiger charge is 2.19. The van der Waals surface area contributed by atoms with E-state index in [2.05, 4.69) is 5.32 Å². The highest BCUT2D eigenvalue weighted by atomic mass is 32.2. The van der Waals surface area contributed by atoms with Gasteiger partial charge in [-0.25, -0.2) is 0 Å². The molecule has 7 heteroatoms. The fourth-order valence-electron chi connectivity index (χ4n) is 1.75. The Kier molecular flexibility index (Phi) is 5.82. The van der Waals surface area contributed by atoms with Crippen molar-refractivity contribution in [3.63, 3.8) is 0 Å². The van der Waals surface area contributed by atoms with Crippen molar-refractivity contribution >= 4 is 29.0 Å². The highest BCUT2D eigenvalue weighted by molar-refractivity contribution is 7.98. The second-order valence-electron chi connectivity index (χ2n) is 4.69. The molecule has 20 heavy (non-hydrogen) atoms. The number of nitro groups is 1. The van der Waals surface area contributed by atoms with Crippen molar-refractivity contribution in [3.05, 3.63) is 33.9 Å². The maximum atomic E-state index is 11.8. The Morgan fingerprint density at radius 2 is 2.15 bits per heavy atom. The standard InChI is InChI=1S/C13H19N3O3S/c1-9(8-20-4)14-11-6-5-10(13(17)15(2)3)7-12(11)16(18)19/h5-7,9,14H,8H2,1-4H3. The zero-order chi connectivity index (χ0) is 15.3. The highest BCUT2D eigenvalue weighted by Crippen LogP contribution is 2.27. The Morgan fingerprint density at radius 3 is 2.65 bits per heavy atom. The fourth-order valence-corrected chi connectivity index (χ4v) is 2.34. The van der Waals surface area contributed by atoms with E-state index < -0.39 is 4.92 Å². The zero-order valence-corrected chi connectivity index (χ0v) is 12.9. The summed E-state index contributed by atoms with van der Waals surface area (Å²) in [5.74, 6) is 0.590. The molecule has 0 spiro atoms. The Hall–Kier alpha value is -1.76. The molecule has 0 aliphatic rings. The Morgan fingerprint density at radius 1 is 1.50 bits per heavy atom. The summed E-state index contributed by atoms with van der Waals surface area (Å²) in [6, 6.07) is 4.62. The van der Waals surface area contributed by atoms with Crippen molar-refractivity contribution in [2.24, 2.45) is 0 Å². The number of carbonyl (C=O) groups is 1. The summed E-state index contributed by atoms with van der Waals surface area (Å²) in [4.78, 5) is 23.9. The first-order chi connectivity index (χ1) is 9.36. The average Bonchev–Trinajstić information content (AvgIpc) is 2.38. The van der Waals surface area contributed by atoms with Gasteiger partial charge < -0.3 is 10.2 Å². The summed E-state index contributed by atoms with van der Waals surface area (Å²) < 4.78 is 0. The van der Waals surface area contributed by atoms with Crippen LogP contribution < -0.4 is 5.32 Å². The smallest absolute Gasteiger partial charge is 0.293 e. The van der Waals surface area contributed by atoms with E-state index in [-0.39, 0.29) is 17.6 Å². The van der Waals surface area contributed by atoms with Gasteiger partial charge in [-0.1, -0.05) is 0 Å².